The van der Waals surface area contributed by atoms with Crippen LogP contribution < -0.4 is 5.11 Å². The Balaban J connectivity index is -0.000000131. The summed E-state index contributed by atoms with van der Waals surface area (Å²) in [6.45, 7) is 8.35. The summed E-state index contributed by atoms with van der Waals surface area (Å²) in [5, 5.41) is 20.7. The SMILES string of the molecule is C#CC#CC#CC#CC#CC#CC(CC(=O)OC(C)C[N+](CCCCC)(CCCCC)CCC(=O)[O-])C(=O)O.[HH].[HH].[HH].[HH].[HH].[HH].[HH].[HH].[HH].[HH].[HH]. The van der Waals surface area contributed by atoms with Crippen LogP contribution in [0, 0.1) is 77.5 Å². The minimum Gasteiger partial charge on any atom is -0.550 e. The van der Waals surface area contributed by atoms with Gasteiger partial charge in [-0.15, -0.1) is 6.42 Å². The quantitative estimate of drug-likeness (QED) is 0.121. The fourth-order valence-electron chi connectivity index (χ4n) is 3.93. The summed E-state index contributed by atoms with van der Waals surface area (Å²) in [5.41, 5.74) is 0. The highest BCUT2D eigenvalue weighted by Crippen LogP contribution is 2.18. The zero-order valence-corrected chi connectivity index (χ0v) is 23.2. The number of carbonyl (C=O) groups excluding carboxylic acids is 2. The van der Waals surface area contributed by atoms with E-state index in [4.69, 9.17) is 11.2 Å². The molecule has 0 radical (unpaired) electrons. The number of esters is 1. The van der Waals surface area contributed by atoms with Gasteiger partial charge in [-0.25, -0.2) is 0 Å². The van der Waals surface area contributed by atoms with E-state index in [-0.39, 0.29) is 22.1 Å². The Morgan fingerprint density at radius 2 is 1.38 bits per heavy atom. The number of carboxylic acid groups (broad SMARTS) is 2. The lowest BCUT2D eigenvalue weighted by Crippen LogP contribution is -2.55. The van der Waals surface area contributed by atoms with Crippen LogP contribution in [0.3, 0.4) is 0 Å². The lowest BCUT2D eigenvalue weighted by molar-refractivity contribution is -0.930. The molecule has 0 saturated carbocycles. The highest BCUT2D eigenvalue weighted by molar-refractivity contribution is 5.81. The van der Waals surface area contributed by atoms with E-state index < -0.39 is 36.4 Å². The third kappa shape index (κ3) is 18.6. The maximum Gasteiger partial charge on any atom is 0.319 e. The van der Waals surface area contributed by atoms with Crippen LogP contribution in [0.5, 0.6) is 0 Å². The maximum atomic E-state index is 12.6. The van der Waals surface area contributed by atoms with Crippen LogP contribution in [0.1, 0.15) is 87.8 Å². The Morgan fingerprint density at radius 1 is 0.872 bits per heavy atom. The van der Waals surface area contributed by atoms with Gasteiger partial charge in [0.05, 0.1) is 26.1 Å². The summed E-state index contributed by atoms with van der Waals surface area (Å²) < 4.78 is 6.08. The number of aliphatic carboxylic acids is 2. The van der Waals surface area contributed by atoms with E-state index in [0.29, 0.717) is 17.6 Å². The van der Waals surface area contributed by atoms with E-state index in [0.717, 1.165) is 51.6 Å². The molecule has 0 saturated heterocycles. The molecule has 7 heteroatoms. The summed E-state index contributed by atoms with van der Waals surface area (Å²) >= 11 is 0. The molecule has 0 aromatic heterocycles. The van der Waals surface area contributed by atoms with Crippen molar-refractivity contribution in [2.75, 3.05) is 26.2 Å². The summed E-state index contributed by atoms with van der Waals surface area (Å²) in [6, 6.07) is 0. The molecule has 0 spiro atoms. The fourth-order valence-corrected chi connectivity index (χ4v) is 3.93. The van der Waals surface area contributed by atoms with Crippen LogP contribution in [0.25, 0.3) is 0 Å². The Bertz CT molecular complexity index is 1200. The van der Waals surface area contributed by atoms with Crippen molar-refractivity contribution in [3.8, 4) is 71.5 Å². The van der Waals surface area contributed by atoms with Gasteiger partial charge in [-0.2, -0.15) is 0 Å². The molecule has 2 unspecified atom stereocenters. The number of ether oxygens (including phenoxy) is 1. The molecule has 0 amide bonds. The van der Waals surface area contributed by atoms with Crippen molar-refractivity contribution in [1.82, 2.24) is 0 Å². The van der Waals surface area contributed by atoms with Crippen LogP contribution in [0.15, 0.2) is 0 Å². The van der Waals surface area contributed by atoms with E-state index in [1.54, 1.807) is 6.92 Å². The first-order valence-corrected chi connectivity index (χ1v) is 13.1. The molecule has 0 aromatic rings. The zero-order chi connectivity index (χ0) is 29.4. The first-order valence-electron chi connectivity index (χ1n) is 13.1. The largest absolute Gasteiger partial charge is 0.550 e. The van der Waals surface area contributed by atoms with Crippen molar-refractivity contribution in [2.24, 2.45) is 5.92 Å². The summed E-state index contributed by atoms with van der Waals surface area (Å²) in [6.07, 6.45) is 9.88. The normalized spacial score (nSPS) is 10.9. The van der Waals surface area contributed by atoms with Gasteiger partial charge in [0, 0.05) is 28.1 Å². The van der Waals surface area contributed by atoms with Crippen LogP contribution in [0.4, 0.5) is 0 Å². The molecule has 39 heavy (non-hydrogen) atoms. The zero-order valence-electron chi connectivity index (χ0n) is 23.2. The Hall–Kier alpha value is -4.27. The molecule has 2 atom stereocenters. The monoisotopic (exact) mass is 553 g/mol. The van der Waals surface area contributed by atoms with E-state index in [1.807, 2.05) is 0 Å². The molecular formula is C32H59NO6. The van der Waals surface area contributed by atoms with Gasteiger partial charge in [-0.3, -0.25) is 9.59 Å². The van der Waals surface area contributed by atoms with Gasteiger partial charge in [0.2, 0.25) is 0 Å². The van der Waals surface area contributed by atoms with Crippen molar-refractivity contribution in [3.05, 3.63) is 0 Å². The second-order valence-corrected chi connectivity index (χ2v) is 9.04. The van der Waals surface area contributed by atoms with Gasteiger partial charge in [0.25, 0.3) is 0 Å². The van der Waals surface area contributed by atoms with Crippen LogP contribution in [0.2, 0.25) is 0 Å². The molecule has 1 N–H and O–H groups in total. The summed E-state index contributed by atoms with van der Waals surface area (Å²) in [4.78, 5) is 35.4. The molecule has 0 heterocycles. The van der Waals surface area contributed by atoms with E-state index in [2.05, 4.69) is 79.0 Å². The van der Waals surface area contributed by atoms with Crippen molar-refractivity contribution >= 4 is 17.9 Å². The first kappa shape index (κ1) is 34.7. The molecule has 0 aromatic carbocycles. The van der Waals surface area contributed by atoms with Gasteiger partial charge in [0.15, 0.2) is 0 Å². The number of nitrogens with zero attached hydrogens (tertiary/aromatic N) is 1. The van der Waals surface area contributed by atoms with Crippen LogP contribution in [-0.2, 0) is 19.1 Å². The smallest absolute Gasteiger partial charge is 0.319 e. The third-order valence-corrected chi connectivity index (χ3v) is 5.73. The Morgan fingerprint density at radius 3 is 1.85 bits per heavy atom. The first-order chi connectivity index (χ1) is 18.7. The number of carbonyl (C=O) groups is 3. The number of rotatable bonds is 17. The number of carboxylic acids is 2. The van der Waals surface area contributed by atoms with Gasteiger partial charge >= 0.3 is 11.9 Å². The van der Waals surface area contributed by atoms with Gasteiger partial charge in [-0.05, 0) is 91.8 Å². The van der Waals surface area contributed by atoms with Crippen molar-refractivity contribution in [1.29, 1.82) is 0 Å². The molecule has 0 aliphatic rings. The minimum atomic E-state index is -1.29. The van der Waals surface area contributed by atoms with Crippen LogP contribution in [-0.4, -0.2) is 59.8 Å². The maximum absolute atomic E-state index is 12.6. The lowest BCUT2D eigenvalue weighted by Gasteiger charge is -2.41. The Kier molecular flexibility index (Phi) is 19.4. The second kappa shape index (κ2) is 21.8. The molecular weight excluding hydrogens is 494 g/mol. The summed E-state index contributed by atoms with van der Waals surface area (Å²) in [5.74, 6) is 21.7. The molecule has 7 nitrogen and oxygen atoms in total. The number of hydrogen-bond acceptors (Lipinski definition) is 5. The molecule has 0 bridgehead atoms. The second-order valence-electron chi connectivity index (χ2n) is 9.04. The highest BCUT2D eigenvalue weighted by Gasteiger charge is 2.31. The number of terminal acetylenes is 1. The van der Waals surface area contributed by atoms with E-state index in [1.165, 1.54) is 0 Å². The highest BCUT2D eigenvalue weighted by atomic mass is 16.5. The van der Waals surface area contributed by atoms with Gasteiger partial charge in [-0.1, -0.05) is 32.6 Å². The van der Waals surface area contributed by atoms with Gasteiger partial charge < -0.3 is 24.2 Å². The predicted octanol–water partition coefficient (Wildman–Crippen LogP) is 4.70. The standard InChI is InChI=1S/C32H37NO6.11H2/c1-5-8-11-12-13-14-15-16-17-18-21-29(32(37)38)26-31(36)39-28(4)27-33(23-19-9-6-2,24-20-10-7-3)25-22-30(34)35;;;;;;;;;;;/h1,28-29H,6-7,9-10,19-20,22-27H2,2-4H3,(H-,34,35,37,38);11*1H. The molecule has 0 aliphatic carbocycles. The predicted molar refractivity (Wildman–Crippen MR) is 171 cm³/mol. The van der Waals surface area contributed by atoms with Crippen molar-refractivity contribution in [2.45, 2.75) is 78.2 Å². The van der Waals surface area contributed by atoms with E-state index in [9.17, 15) is 24.6 Å². The van der Waals surface area contributed by atoms with Crippen molar-refractivity contribution < 1.29 is 49.5 Å². The Labute approximate surface area is 250 Å². The number of hydrogen-bond donors (Lipinski definition) is 1. The van der Waals surface area contributed by atoms with Gasteiger partial charge in [0.1, 0.15) is 18.6 Å². The lowest BCUT2D eigenvalue weighted by atomic mass is 10.1. The van der Waals surface area contributed by atoms with Crippen molar-refractivity contribution in [3.63, 3.8) is 0 Å². The average molecular weight is 554 g/mol. The fraction of sp³-hybridized carbons (Fsp3) is 0.531. The average Bonchev–Trinajstić information content (AvgIpc) is 2.88. The minimum absolute atomic E-state index is 0. The molecule has 228 valence electrons. The number of quaternary nitrogens is 1. The molecule has 0 fully saturated rings. The number of unbranched alkanes of at least 4 members (excludes halogenated alkanes) is 4. The summed E-state index contributed by atoms with van der Waals surface area (Å²) in [7, 11) is 0. The van der Waals surface area contributed by atoms with Crippen LogP contribution >= 0.6 is 0 Å². The van der Waals surface area contributed by atoms with E-state index >= 15 is 0 Å². The molecule has 0 aliphatic heterocycles. The topological polar surface area (TPSA) is 104 Å². The molecule has 0 rings (SSSR count). The third-order valence-electron chi connectivity index (χ3n) is 5.73.